The summed E-state index contributed by atoms with van der Waals surface area (Å²) in [5, 5.41) is 0. The second-order valence-electron chi connectivity index (χ2n) is 5.80. The van der Waals surface area contributed by atoms with Crippen LogP contribution < -0.4 is 0 Å². The Balaban J connectivity index is 2.40. The zero-order valence-corrected chi connectivity index (χ0v) is 12.4. The molecule has 124 valence electrons. The van der Waals surface area contributed by atoms with Crippen molar-refractivity contribution >= 4 is 5.91 Å². The summed E-state index contributed by atoms with van der Waals surface area (Å²) in [6.07, 6.45) is -4.01. The Bertz CT molecular complexity index is 363. The molecule has 1 rings (SSSR count). The van der Waals surface area contributed by atoms with Gasteiger partial charge in [-0.2, -0.15) is 8.78 Å². The van der Waals surface area contributed by atoms with Gasteiger partial charge < -0.3 is 14.4 Å². The van der Waals surface area contributed by atoms with Crippen molar-refractivity contribution in [1.82, 2.24) is 4.90 Å². The molecule has 0 aromatic carbocycles. The van der Waals surface area contributed by atoms with Crippen LogP contribution in [0.4, 0.5) is 17.6 Å². The average molecular weight is 315 g/mol. The van der Waals surface area contributed by atoms with Crippen LogP contribution in [-0.4, -0.2) is 61.2 Å². The first kappa shape index (κ1) is 18.2. The first-order chi connectivity index (χ1) is 9.56. The van der Waals surface area contributed by atoms with E-state index in [1.807, 2.05) is 20.8 Å². The van der Waals surface area contributed by atoms with Gasteiger partial charge in [0.05, 0.1) is 31.3 Å². The van der Waals surface area contributed by atoms with E-state index in [-0.39, 0.29) is 25.0 Å². The third-order valence-corrected chi connectivity index (χ3v) is 3.27. The topological polar surface area (TPSA) is 38.8 Å². The van der Waals surface area contributed by atoms with E-state index in [0.717, 1.165) is 0 Å². The molecule has 1 aliphatic heterocycles. The summed E-state index contributed by atoms with van der Waals surface area (Å²) in [5.74, 6) is -4.45. The maximum Gasteiger partial charge on any atom is 0.330 e. The molecule has 0 N–H and O–H groups in total. The van der Waals surface area contributed by atoms with Gasteiger partial charge in [-0.05, 0) is 20.8 Å². The van der Waals surface area contributed by atoms with Crippen LogP contribution in [0.3, 0.4) is 0 Å². The van der Waals surface area contributed by atoms with Crippen molar-refractivity contribution in [1.29, 1.82) is 0 Å². The first-order valence-electron chi connectivity index (χ1n) is 6.72. The van der Waals surface area contributed by atoms with Crippen LogP contribution in [0.25, 0.3) is 0 Å². The number of halogens is 4. The van der Waals surface area contributed by atoms with Crippen LogP contribution in [0.1, 0.15) is 27.2 Å². The van der Waals surface area contributed by atoms with Crippen molar-refractivity contribution in [2.45, 2.75) is 51.2 Å². The van der Waals surface area contributed by atoms with Gasteiger partial charge in [-0.15, -0.1) is 0 Å². The van der Waals surface area contributed by atoms with Gasteiger partial charge in [0, 0.05) is 6.54 Å². The Labute approximate surface area is 121 Å². The molecule has 0 bridgehead atoms. The number of rotatable bonds is 6. The Morgan fingerprint density at radius 2 is 2.10 bits per heavy atom. The maximum atomic E-state index is 12.6. The van der Waals surface area contributed by atoms with Crippen molar-refractivity contribution in [3.63, 3.8) is 0 Å². The average Bonchev–Trinajstić information content (AvgIpc) is 2.37. The summed E-state index contributed by atoms with van der Waals surface area (Å²) in [7, 11) is 0. The van der Waals surface area contributed by atoms with Gasteiger partial charge in [0.15, 0.2) is 0 Å². The number of carbonyl (C=O) groups is 1. The fourth-order valence-electron chi connectivity index (χ4n) is 1.99. The normalized spacial score (nSPS) is 22.7. The highest BCUT2D eigenvalue weighted by Gasteiger charge is 2.41. The summed E-state index contributed by atoms with van der Waals surface area (Å²) in [5.41, 5.74) is -0.490. The van der Waals surface area contributed by atoms with Crippen LogP contribution in [0.5, 0.6) is 0 Å². The minimum absolute atomic E-state index is 0.105. The lowest BCUT2D eigenvalue weighted by molar-refractivity contribution is -0.169. The van der Waals surface area contributed by atoms with E-state index in [2.05, 4.69) is 4.74 Å². The predicted octanol–water partition coefficient (Wildman–Crippen LogP) is 2.32. The maximum absolute atomic E-state index is 12.6. The van der Waals surface area contributed by atoms with Gasteiger partial charge in [0.2, 0.25) is 5.91 Å². The molecule has 0 aromatic heterocycles. The van der Waals surface area contributed by atoms with Crippen molar-refractivity contribution in [2.75, 3.05) is 26.4 Å². The minimum Gasteiger partial charge on any atom is -0.374 e. The van der Waals surface area contributed by atoms with Crippen LogP contribution in [0, 0.1) is 0 Å². The summed E-state index contributed by atoms with van der Waals surface area (Å²) in [4.78, 5) is 13.7. The monoisotopic (exact) mass is 315 g/mol. The van der Waals surface area contributed by atoms with Gasteiger partial charge in [0.1, 0.15) is 6.61 Å². The lowest BCUT2D eigenvalue weighted by Crippen LogP contribution is -2.57. The van der Waals surface area contributed by atoms with Gasteiger partial charge in [-0.1, -0.05) is 0 Å². The molecule has 0 aliphatic carbocycles. The fraction of sp³-hybridized carbons (Fsp3) is 0.923. The number of ether oxygens (including phenoxy) is 2. The SMILES string of the molecule is C[C@@H]1CN(C(=O)CCOCC(F)(F)C(F)F)C(C)(C)CO1. The van der Waals surface area contributed by atoms with E-state index in [0.29, 0.717) is 13.2 Å². The summed E-state index contributed by atoms with van der Waals surface area (Å²) in [6, 6.07) is 0. The highest BCUT2D eigenvalue weighted by atomic mass is 19.3. The van der Waals surface area contributed by atoms with Crippen molar-refractivity contribution in [3.8, 4) is 0 Å². The number of hydrogen-bond acceptors (Lipinski definition) is 3. The fourth-order valence-corrected chi connectivity index (χ4v) is 1.99. The zero-order valence-electron chi connectivity index (χ0n) is 12.4. The molecule has 0 aromatic rings. The second-order valence-corrected chi connectivity index (χ2v) is 5.80. The zero-order chi connectivity index (χ0) is 16.3. The third-order valence-electron chi connectivity index (χ3n) is 3.27. The summed E-state index contributed by atoms with van der Waals surface area (Å²) < 4.78 is 59.0. The number of morpholine rings is 1. The highest BCUT2D eigenvalue weighted by Crippen LogP contribution is 2.24. The molecular weight excluding hydrogens is 294 g/mol. The molecule has 0 saturated carbocycles. The Kier molecular flexibility index (Phi) is 5.98. The predicted molar refractivity (Wildman–Crippen MR) is 67.6 cm³/mol. The molecule has 1 amide bonds. The van der Waals surface area contributed by atoms with Crippen molar-refractivity contribution < 1.29 is 31.8 Å². The molecule has 0 unspecified atom stereocenters. The lowest BCUT2D eigenvalue weighted by Gasteiger charge is -2.44. The summed E-state index contributed by atoms with van der Waals surface area (Å²) in [6.45, 7) is 4.58. The number of carbonyl (C=O) groups excluding carboxylic acids is 1. The standard InChI is InChI=1S/C13H21F4NO3/c1-9-6-18(12(2,3)7-21-9)10(19)4-5-20-8-13(16,17)11(14)15/h9,11H,4-8H2,1-3H3/t9-/m1/s1. The van der Waals surface area contributed by atoms with Crippen molar-refractivity contribution in [2.24, 2.45) is 0 Å². The number of hydrogen-bond donors (Lipinski definition) is 0. The molecule has 1 atom stereocenters. The van der Waals surface area contributed by atoms with Gasteiger partial charge in [-0.3, -0.25) is 4.79 Å². The van der Waals surface area contributed by atoms with Gasteiger partial charge in [-0.25, -0.2) is 8.78 Å². The van der Waals surface area contributed by atoms with E-state index in [9.17, 15) is 22.4 Å². The summed E-state index contributed by atoms with van der Waals surface area (Å²) >= 11 is 0. The molecule has 1 fully saturated rings. The lowest BCUT2D eigenvalue weighted by atomic mass is 10.0. The minimum atomic E-state index is -4.18. The molecule has 0 radical (unpaired) electrons. The number of nitrogens with zero attached hydrogens (tertiary/aromatic N) is 1. The smallest absolute Gasteiger partial charge is 0.330 e. The first-order valence-corrected chi connectivity index (χ1v) is 6.72. The van der Waals surface area contributed by atoms with Gasteiger partial charge >= 0.3 is 12.3 Å². The Morgan fingerprint density at radius 1 is 1.48 bits per heavy atom. The quantitative estimate of drug-likeness (QED) is 0.558. The second kappa shape index (κ2) is 6.91. The molecule has 4 nitrogen and oxygen atoms in total. The highest BCUT2D eigenvalue weighted by molar-refractivity contribution is 5.77. The van der Waals surface area contributed by atoms with Crippen LogP contribution in [-0.2, 0) is 14.3 Å². The largest absolute Gasteiger partial charge is 0.374 e. The molecule has 1 saturated heterocycles. The number of amides is 1. The van der Waals surface area contributed by atoms with E-state index in [1.54, 1.807) is 4.90 Å². The van der Waals surface area contributed by atoms with Crippen LogP contribution >= 0.6 is 0 Å². The van der Waals surface area contributed by atoms with E-state index in [4.69, 9.17) is 4.74 Å². The number of alkyl halides is 4. The molecule has 8 heteroatoms. The molecule has 0 spiro atoms. The van der Waals surface area contributed by atoms with E-state index < -0.39 is 24.5 Å². The van der Waals surface area contributed by atoms with Crippen molar-refractivity contribution in [3.05, 3.63) is 0 Å². The van der Waals surface area contributed by atoms with Gasteiger partial charge in [0.25, 0.3) is 0 Å². The van der Waals surface area contributed by atoms with Crippen LogP contribution in [0.2, 0.25) is 0 Å². The van der Waals surface area contributed by atoms with E-state index >= 15 is 0 Å². The molecule has 1 heterocycles. The Morgan fingerprint density at radius 3 is 2.67 bits per heavy atom. The Hall–Kier alpha value is -0.890. The molecule has 1 aliphatic rings. The third kappa shape index (κ3) is 5.10. The van der Waals surface area contributed by atoms with E-state index in [1.165, 1.54) is 0 Å². The molecular formula is C13H21F4NO3. The molecule has 21 heavy (non-hydrogen) atoms. The van der Waals surface area contributed by atoms with Crippen LogP contribution in [0.15, 0.2) is 0 Å².